The molecule has 27 heavy (non-hydrogen) atoms. The van der Waals surface area contributed by atoms with Crippen LogP contribution in [-0.4, -0.2) is 14.4 Å². The molecular weight excluding hydrogens is 364 g/mol. The second-order valence-corrected chi connectivity index (χ2v) is 8.08. The molecule has 0 amide bonds. The van der Waals surface area contributed by atoms with Crippen molar-refractivity contribution < 1.29 is 22.7 Å². The molecule has 6 heteroatoms. The molecule has 4 rings (SSSR count). The van der Waals surface area contributed by atoms with Gasteiger partial charge in [0.15, 0.2) is 0 Å². The highest BCUT2D eigenvalue weighted by atomic mass is 32.2. The third kappa shape index (κ3) is 3.19. The van der Waals surface area contributed by atoms with E-state index in [0.29, 0.717) is 5.75 Å². The lowest BCUT2D eigenvalue weighted by molar-refractivity contribution is 0.0507. The van der Waals surface area contributed by atoms with Crippen LogP contribution >= 0.6 is 0 Å². The molecule has 1 atom stereocenters. The standard InChI is InChI=1S/C21H16O5S/c22-20-17-12-7-13-18(25-14-15-8-3-1-4-9-15)19(17)21(26-20)27(23,24)16-10-5-2-6-11-16/h1-13,21H,14H2. The highest BCUT2D eigenvalue weighted by Crippen LogP contribution is 2.43. The molecule has 0 fully saturated rings. The first-order valence-corrected chi connectivity index (χ1v) is 9.91. The van der Waals surface area contributed by atoms with Crippen LogP contribution in [0.2, 0.25) is 0 Å². The van der Waals surface area contributed by atoms with E-state index in [2.05, 4.69) is 0 Å². The summed E-state index contributed by atoms with van der Waals surface area (Å²) in [6.07, 6.45) is 0. The highest BCUT2D eigenvalue weighted by molar-refractivity contribution is 7.91. The number of esters is 1. The average Bonchev–Trinajstić information content (AvgIpc) is 3.06. The van der Waals surface area contributed by atoms with Crippen LogP contribution in [-0.2, 0) is 21.2 Å². The molecule has 3 aromatic rings. The first-order chi connectivity index (χ1) is 13.1. The van der Waals surface area contributed by atoms with Gasteiger partial charge < -0.3 is 9.47 Å². The van der Waals surface area contributed by atoms with E-state index in [0.717, 1.165) is 5.56 Å². The number of fused-ring (bicyclic) bond motifs is 1. The molecule has 1 aliphatic rings. The van der Waals surface area contributed by atoms with Gasteiger partial charge >= 0.3 is 5.97 Å². The lowest BCUT2D eigenvalue weighted by atomic mass is 10.1. The molecule has 0 spiro atoms. The molecule has 0 N–H and O–H groups in total. The van der Waals surface area contributed by atoms with E-state index in [9.17, 15) is 13.2 Å². The first kappa shape index (κ1) is 17.3. The predicted octanol–water partition coefficient (Wildman–Crippen LogP) is 3.91. The third-order valence-corrected chi connectivity index (χ3v) is 6.15. The summed E-state index contributed by atoms with van der Waals surface area (Å²) < 4.78 is 37.2. The van der Waals surface area contributed by atoms with Crippen LogP contribution in [0.3, 0.4) is 0 Å². The van der Waals surface area contributed by atoms with E-state index in [1.165, 1.54) is 12.1 Å². The number of ether oxygens (including phenoxy) is 2. The molecule has 136 valence electrons. The zero-order chi connectivity index (χ0) is 18.9. The SMILES string of the molecule is O=C1OC(S(=O)(=O)c2ccccc2)c2c(OCc3ccccc3)cccc21. The zero-order valence-corrected chi connectivity index (χ0v) is 15.1. The van der Waals surface area contributed by atoms with Crippen LogP contribution in [0.1, 0.15) is 26.9 Å². The minimum absolute atomic E-state index is 0.0912. The normalized spacial score (nSPS) is 15.9. The summed E-state index contributed by atoms with van der Waals surface area (Å²) in [6, 6.07) is 22.3. The fourth-order valence-electron chi connectivity index (χ4n) is 3.00. The van der Waals surface area contributed by atoms with Crippen LogP contribution in [0.15, 0.2) is 83.8 Å². The molecule has 1 aliphatic heterocycles. The van der Waals surface area contributed by atoms with Crippen molar-refractivity contribution in [2.45, 2.75) is 16.9 Å². The fraction of sp³-hybridized carbons (Fsp3) is 0.0952. The number of hydrogen-bond acceptors (Lipinski definition) is 5. The number of carbonyl (C=O) groups excluding carboxylic acids is 1. The molecule has 0 saturated carbocycles. The maximum absolute atomic E-state index is 13.0. The quantitative estimate of drug-likeness (QED) is 0.628. The molecule has 0 saturated heterocycles. The van der Waals surface area contributed by atoms with Crippen molar-refractivity contribution in [3.05, 3.63) is 95.6 Å². The van der Waals surface area contributed by atoms with Gasteiger partial charge in [0.1, 0.15) is 12.4 Å². The van der Waals surface area contributed by atoms with Gasteiger partial charge in [-0.1, -0.05) is 54.6 Å². The van der Waals surface area contributed by atoms with E-state index in [4.69, 9.17) is 9.47 Å². The van der Waals surface area contributed by atoms with Crippen LogP contribution in [0, 0.1) is 0 Å². The lowest BCUT2D eigenvalue weighted by Gasteiger charge is -2.16. The number of rotatable bonds is 5. The van der Waals surface area contributed by atoms with Crippen LogP contribution < -0.4 is 4.74 Å². The van der Waals surface area contributed by atoms with Gasteiger partial charge in [-0.05, 0) is 29.8 Å². The van der Waals surface area contributed by atoms with Crippen molar-refractivity contribution in [1.29, 1.82) is 0 Å². The monoisotopic (exact) mass is 380 g/mol. The lowest BCUT2D eigenvalue weighted by Crippen LogP contribution is -2.14. The number of cyclic esters (lactones) is 1. The van der Waals surface area contributed by atoms with Crippen molar-refractivity contribution in [2.75, 3.05) is 0 Å². The first-order valence-electron chi connectivity index (χ1n) is 8.37. The van der Waals surface area contributed by atoms with Crippen molar-refractivity contribution >= 4 is 15.8 Å². The molecular formula is C21H16O5S. The van der Waals surface area contributed by atoms with Crippen LogP contribution in [0.25, 0.3) is 0 Å². The Labute approximate surface area is 157 Å². The summed E-state index contributed by atoms with van der Waals surface area (Å²) in [7, 11) is -3.91. The van der Waals surface area contributed by atoms with Gasteiger partial charge in [0.25, 0.3) is 0 Å². The Kier molecular flexibility index (Phi) is 4.41. The number of sulfone groups is 1. The Bertz CT molecular complexity index is 1080. The smallest absolute Gasteiger partial charge is 0.340 e. The fourth-order valence-corrected chi connectivity index (χ4v) is 4.55. The van der Waals surface area contributed by atoms with Gasteiger partial charge in [-0.25, -0.2) is 13.2 Å². The largest absolute Gasteiger partial charge is 0.488 e. The Morgan fingerprint density at radius 3 is 2.22 bits per heavy atom. The Morgan fingerprint density at radius 2 is 1.52 bits per heavy atom. The van der Waals surface area contributed by atoms with Gasteiger partial charge in [-0.15, -0.1) is 0 Å². The predicted molar refractivity (Wildman–Crippen MR) is 99.0 cm³/mol. The Morgan fingerprint density at radius 1 is 0.852 bits per heavy atom. The maximum Gasteiger partial charge on any atom is 0.340 e. The average molecular weight is 380 g/mol. The minimum Gasteiger partial charge on any atom is -0.488 e. The van der Waals surface area contributed by atoms with Gasteiger partial charge in [-0.2, -0.15) is 0 Å². The van der Waals surface area contributed by atoms with E-state index in [1.807, 2.05) is 30.3 Å². The van der Waals surface area contributed by atoms with Crippen molar-refractivity contribution in [2.24, 2.45) is 0 Å². The summed E-state index contributed by atoms with van der Waals surface area (Å²) in [4.78, 5) is 12.3. The van der Waals surface area contributed by atoms with Crippen LogP contribution in [0.4, 0.5) is 0 Å². The molecule has 1 unspecified atom stereocenters. The van der Waals surface area contributed by atoms with Crippen molar-refractivity contribution in [3.8, 4) is 5.75 Å². The van der Waals surface area contributed by atoms with Gasteiger partial charge in [0, 0.05) is 0 Å². The molecule has 0 radical (unpaired) electrons. The number of hydrogen-bond donors (Lipinski definition) is 0. The topological polar surface area (TPSA) is 69.7 Å². The van der Waals surface area contributed by atoms with Crippen molar-refractivity contribution in [1.82, 2.24) is 0 Å². The summed E-state index contributed by atoms with van der Waals surface area (Å²) in [5.41, 5.74) is -0.0236. The molecule has 5 nitrogen and oxygen atoms in total. The molecule has 0 bridgehead atoms. The third-order valence-electron chi connectivity index (χ3n) is 4.33. The van der Waals surface area contributed by atoms with Crippen molar-refractivity contribution in [3.63, 3.8) is 0 Å². The Balaban J connectivity index is 1.73. The number of carbonyl (C=O) groups is 1. The Hall–Kier alpha value is -3.12. The van der Waals surface area contributed by atoms with E-state index >= 15 is 0 Å². The second kappa shape index (κ2) is 6.89. The second-order valence-electron chi connectivity index (χ2n) is 6.09. The molecule has 1 heterocycles. The van der Waals surface area contributed by atoms with Gasteiger partial charge in [0.2, 0.25) is 15.3 Å². The summed E-state index contributed by atoms with van der Waals surface area (Å²) in [6.45, 7) is 0.254. The van der Waals surface area contributed by atoms with Gasteiger partial charge in [-0.3, -0.25) is 0 Å². The zero-order valence-electron chi connectivity index (χ0n) is 14.2. The van der Waals surface area contributed by atoms with Gasteiger partial charge in [0.05, 0.1) is 16.0 Å². The summed E-state index contributed by atoms with van der Waals surface area (Å²) in [5, 5.41) is 0. The molecule has 0 aliphatic carbocycles. The van der Waals surface area contributed by atoms with E-state index in [1.54, 1.807) is 36.4 Å². The number of benzene rings is 3. The maximum atomic E-state index is 13.0. The molecule has 3 aromatic carbocycles. The van der Waals surface area contributed by atoms with Crippen LogP contribution in [0.5, 0.6) is 5.75 Å². The summed E-state index contributed by atoms with van der Waals surface area (Å²) >= 11 is 0. The summed E-state index contributed by atoms with van der Waals surface area (Å²) in [5.74, 6) is -0.341. The highest BCUT2D eigenvalue weighted by Gasteiger charge is 2.43. The molecule has 0 aromatic heterocycles. The van der Waals surface area contributed by atoms with E-state index in [-0.39, 0.29) is 22.6 Å². The van der Waals surface area contributed by atoms with E-state index < -0.39 is 21.2 Å². The minimum atomic E-state index is -3.91.